The van der Waals surface area contributed by atoms with Crippen LogP contribution in [0.15, 0.2) is 83.8 Å². The van der Waals surface area contributed by atoms with Gasteiger partial charge in [0.15, 0.2) is 0 Å². The molecule has 2 amide bonds. The van der Waals surface area contributed by atoms with Crippen molar-refractivity contribution in [2.75, 3.05) is 17.4 Å². The fourth-order valence-corrected chi connectivity index (χ4v) is 5.47. The Hall–Kier alpha value is -3.36. The zero-order valence-electron chi connectivity index (χ0n) is 21.2. The molecular formula is C28H32ClN3O4S. The summed E-state index contributed by atoms with van der Waals surface area (Å²) in [7, 11) is -4.08. The minimum absolute atomic E-state index is 0.0732. The van der Waals surface area contributed by atoms with Crippen LogP contribution in [0.5, 0.6) is 0 Å². The lowest BCUT2D eigenvalue weighted by molar-refractivity contribution is -0.139. The molecule has 3 aromatic rings. The van der Waals surface area contributed by atoms with Crippen LogP contribution < -0.4 is 9.62 Å². The highest BCUT2D eigenvalue weighted by Gasteiger charge is 2.32. The van der Waals surface area contributed by atoms with Crippen molar-refractivity contribution in [1.29, 1.82) is 0 Å². The topological polar surface area (TPSA) is 86.8 Å². The van der Waals surface area contributed by atoms with Crippen molar-refractivity contribution in [1.82, 2.24) is 10.2 Å². The summed E-state index contributed by atoms with van der Waals surface area (Å²) < 4.78 is 28.6. The maximum absolute atomic E-state index is 13.8. The van der Waals surface area contributed by atoms with Crippen molar-refractivity contribution in [2.24, 2.45) is 0 Å². The summed E-state index contributed by atoms with van der Waals surface area (Å²) in [5.74, 6) is -0.811. The quantitative estimate of drug-likeness (QED) is 0.378. The molecule has 0 saturated heterocycles. The molecule has 0 aliphatic carbocycles. The highest BCUT2D eigenvalue weighted by atomic mass is 35.5. The van der Waals surface area contributed by atoms with E-state index in [4.69, 9.17) is 11.6 Å². The summed E-state index contributed by atoms with van der Waals surface area (Å²) in [6.07, 6.45) is 0.750. The van der Waals surface area contributed by atoms with Gasteiger partial charge >= 0.3 is 0 Å². The summed E-state index contributed by atoms with van der Waals surface area (Å²) in [5, 5.41) is 3.38. The predicted molar refractivity (Wildman–Crippen MR) is 147 cm³/mol. The number of hydrogen-bond donors (Lipinski definition) is 1. The molecule has 0 saturated carbocycles. The fraction of sp³-hybridized carbons (Fsp3) is 0.286. The maximum Gasteiger partial charge on any atom is 0.264 e. The molecule has 1 N–H and O–H groups in total. The molecule has 7 nitrogen and oxygen atoms in total. The number of sulfonamides is 1. The largest absolute Gasteiger partial charge is 0.354 e. The average molecular weight is 542 g/mol. The maximum atomic E-state index is 13.8. The molecule has 196 valence electrons. The molecule has 0 spiro atoms. The number of carbonyl (C=O) groups is 2. The van der Waals surface area contributed by atoms with E-state index in [0.717, 1.165) is 16.3 Å². The van der Waals surface area contributed by atoms with Gasteiger partial charge in [0, 0.05) is 18.1 Å². The number of carbonyl (C=O) groups excluding carboxylic acids is 2. The lowest BCUT2D eigenvalue weighted by Crippen LogP contribution is -2.51. The number of aryl methyl sites for hydroxylation is 1. The summed E-state index contributed by atoms with van der Waals surface area (Å²) >= 11 is 6.02. The third-order valence-corrected chi connectivity index (χ3v) is 8.00. The Morgan fingerprint density at radius 3 is 2.19 bits per heavy atom. The molecule has 0 radical (unpaired) electrons. The molecule has 0 aromatic heterocycles. The van der Waals surface area contributed by atoms with Crippen molar-refractivity contribution in [2.45, 2.75) is 44.7 Å². The van der Waals surface area contributed by atoms with E-state index in [-0.39, 0.29) is 17.3 Å². The van der Waals surface area contributed by atoms with Gasteiger partial charge in [0.05, 0.1) is 10.6 Å². The number of anilines is 1. The lowest BCUT2D eigenvalue weighted by Gasteiger charge is -2.32. The van der Waals surface area contributed by atoms with Gasteiger partial charge in [-0.15, -0.1) is 0 Å². The monoisotopic (exact) mass is 541 g/mol. The van der Waals surface area contributed by atoms with Gasteiger partial charge in [-0.05, 0) is 61.7 Å². The summed E-state index contributed by atoms with van der Waals surface area (Å²) in [5.41, 5.74) is 1.86. The smallest absolute Gasteiger partial charge is 0.264 e. The van der Waals surface area contributed by atoms with E-state index >= 15 is 0 Å². The second kappa shape index (κ2) is 12.7. The van der Waals surface area contributed by atoms with Gasteiger partial charge in [0.1, 0.15) is 12.6 Å². The summed E-state index contributed by atoms with van der Waals surface area (Å²) in [6, 6.07) is 21.1. The van der Waals surface area contributed by atoms with E-state index in [1.165, 1.54) is 17.0 Å². The van der Waals surface area contributed by atoms with Crippen molar-refractivity contribution >= 4 is 39.1 Å². The first-order chi connectivity index (χ1) is 17.6. The van der Waals surface area contributed by atoms with Crippen LogP contribution in [-0.2, 0) is 26.2 Å². The Bertz CT molecular complexity index is 1310. The van der Waals surface area contributed by atoms with Crippen LogP contribution >= 0.6 is 11.6 Å². The molecule has 1 unspecified atom stereocenters. The molecule has 3 rings (SSSR count). The van der Waals surface area contributed by atoms with Crippen LogP contribution in [0.1, 0.15) is 31.4 Å². The van der Waals surface area contributed by atoms with Crippen molar-refractivity contribution < 1.29 is 18.0 Å². The van der Waals surface area contributed by atoms with Crippen LogP contribution in [0.25, 0.3) is 0 Å². The van der Waals surface area contributed by atoms with Crippen LogP contribution in [0, 0.1) is 6.92 Å². The van der Waals surface area contributed by atoms with Gasteiger partial charge in [-0.2, -0.15) is 0 Å². The molecule has 0 aliphatic heterocycles. The fourth-order valence-electron chi connectivity index (χ4n) is 3.84. The SMILES string of the molecule is CCCNC(=O)C(C)N(Cc1ccc(Cl)cc1)C(=O)CN(c1ccccc1C)S(=O)(=O)c1ccccc1. The highest BCUT2D eigenvalue weighted by molar-refractivity contribution is 7.92. The number of nitrogens with zero attached hydrogens (tertiary/aromatic N) is 2. The zero-order valence-corrected chi connectivity index (χ0v) is 22.8. The molecule has 1 atom stereocenters. The number of rotatable bonds is 11. The Morgan fingerprint density at radius 2 is 1.57 bits per heavy atom. The van der Waals surface area contributed by atoms with E-state index in [0.29, 0.717) is 22.8 Å². The van der Waals surface area contributed by atoms with Crippen molar-refractivity contribution in [3.05, 3.63) is 95.0 Å². The third-order valence-electron chi connectivity index (χ3n) is 5.98. The van der Waals surface area contributed by atoms with Crippen molar-refractivity contribution in [3.8, 4) is 0 Å². The minimum Gasteiger partial charge on any atom is -0.354 e. The first-order valence-electron chi connectivity index (χ1n) is 12.1. The van der Waals surface area contributed by atoms with Gasteiger partial charge in [0.2, 0.25) is 11.8 Å². The van der Waals surface area contributed by atoms with E-state index in [2.05, 4.69) is 5.32 Å². The number of para-hydroxylation sites is 1. The van der Waals surface area contributed by atoms with Gasteiger partial charge in [0.25, 0.3) is 10.0 Å². The molecular weight excluding hydrogens is 510 g/mol. The second-order valence-corrected chi connectivity index (χ2v) is 11.0. The normalized spacial score (nSPS) is 12.0. The molecule has 0 bridgehead atoms. The van der Waals surface area contributed by atoms with Crippen LogP contribution in [0.4, 0.5) is 5.69 Å². The second-order valence-electron chi connectivity index (χ2n) is 8.73. The van der Waals surface area contributed by atoms with Crippen molar-refractivity contribution in [3.63, 3.8) is 0 Å². The Balaban J connectivity index is 2.01. The molecule has 0 aliphatic rings. The molecule has 3 aromatic carbocycles. The minimum atomic E-state index is -4.08. The number of amides is 2. The molecule has 37 heavy (non-hydrogen) atoms. The third kappa shape index (κ3) is 7.11. The summed E-state index contributed by atoms with van der Waals surface area (Å²) in [4.78, 5) is 28.2. The lowest BCUT2D eigenvalue weighted by atomic mass is 10.1. The average Bonchev–Trinajstić information content (AvgIpc) is 2.90. The standard InChI is InChI=1S/C28H32ClN3O4S/c1-4-18-30-28(34)22(3)31(19-23-14-16-24(29)17-15-23)27(33)20-32(26-13-9-8-10-21(26)2)37(35,36)25-11-6-5-7-12-25/h5-17,22H,4,18-20H2,1-3H3,(H,30,34). The molecule has 0 fully saturated rings. The first-order valence-corrected chi connectivity index (χ1v) is 13.9. The Kier molecular flexibility index (Phi) is 9.72. The number of nitrogens with one attached hydrogen (secondary N) is 1. The first kappa shape index (κ1) is 28.2. The van der Waals surface area contributed by atoms with Gasteiger partial charge in [-0.3, -0.25) is 13.9 Å². The van der Waals surface area contributed by atoms with Crippen LogP contribution in [-0.4, -0.2) is 44.3 Å². The van der Waals surface area contributed by atoms with E-state index < -0.39 is 28.5 Å². The molecule has 0 heterocycles. The number of hydrogen-bond acceptors (Lipinski definition) is 4. The molecule has 9 heteroatoms. The zero-order chi connectivity index (χ0) is 27.0. The Labute approximate surface area is 224 Å². The van der Waals surface area contributed by atoms with Crippen LogP contribution in [0.2, 0.25) is 5.02 Å². The number of halogens is 1. The van der Waals surface area contributed by atoms with E-state index in [1.54, 1.807) is 80.6 Å². The van der Waals surface area contributed by atoms with Crippen LogP contribution in [0.3, 0.4) is 0 Å². The van der Waals surface area contributed by atoms with Gasteiger partial charge in [-0.25, -0.2) is 8.42 Å². The number of benzene rings is 3. The highest BCUT2D eigenvalue weighted by Crippen LogP contribution is 2.27. The van der Waals surface area contributed by atoms with E-state index in [9.17, 15) is 18.0 Å². The predicted octanol–water partition coefficient (Wildman–Crippen LogP) is 4.79. The van der Waals surface area contributed by atoms with Gasteiger partial charge < -0.3 is 10.2 Å². The Morgan fingerprint density at radius 1 is 0.946 bits per heavy atom. The van der Waals surface area contributed by atoms with Gasteiger partial charge in [-0.1, -0.05) is 67.1 Å². The summed E-state index contributed by atoms with van der Waals surface area (Å²) in [6.45, 7) is 5.49. The van der Waals surface area contributed by atoms with E-state index in [1.807, 2.05) is 6.92 Å².